The Balaban J connectivity index is 2.04. The van der Waals surface area contributed by atoms with Crippen molar-refractivity contribution in [3.8, 4) is 0 Å². The van der Waals surface area contributed by atoms with Crippen molar-refractivity contribution in [2.75, 3.05) is 18.5 Å². The zero-order valence-corrected chi connectivity index (χ0v) is 11.8. The van der Waals surface area contributed by atoms with E-state index in [1.165, 1.54) is 12.8 Å². The third-order valence-corrected chi connectivity index (χ3v) is 3.40. The predicted octanol–water partition coefficient (Wildman–Crippen LogP) is 3.03. The minimum atomic E-state index is -4.12. The molecule has 0 radical (unpaired) electrons. The Bertz CT molecular complexity index is 455. The average Bonchev–Trinajstić information content (AvgIpc) is 3.17. The molecule has 1 aromatic heterocycles. The number of nitrogens with one attached hydrogen (secondary N) is 1. The van der Waals surface area contributed by atoms with E-state index < -0.39 is 12.6 Å². The summed E-state index contributed by atoms with van der Waals surface area (Å²) in [6.07, 6.45) is -0.815. The monoisotopic (exact) mass is 287 g/mol. The van der Waals surface area contributed by atoms with E-state index in [9.17, 15) is 13.2 Å². The minimum Gasteiger partial charge on any atom is -0.374 e. The van der Waals surface area contributed by atoms with Crippen LogP contribution in [0.1, 0.15) is 30.5 Å². The zero-order valence-electron chi connectivity index (χ0n) is 11.8. The molecule has 2 rings (SSSR count). The fourth-order valence-electron chi connectivity index (χ4n) is 2.02. The van der Waals surface area contributed by atoms with Gasteiger partial charge in [-0.1, -0.05) is 0 Å². The Labute approximate surface area is 117 Å². The molecule has 1 aliphatic carbocycles. The van der Waals surface area contributed by atoms with Crippen LogP contribution in [0, 0.1) is 6.92 Å². The molecule has 1 aromatic rings. The van der Waals surface area contributed by atoms with E-state index in [0.717, 1.165) is 16.9 Å². The van der Waals surface area contributed by atoms with Crippen molar-refractivity contribution >= 4 is 5.69 Å². The summed E-state index contributed by atoms with van der Waals surface area (Å²) in [5, 5.41) is 3.37. The lowest BCUT2D eigenvalue weighted by Gasteiger charge is -2.23. The number of nitrogens with zero attached hydrogens (tertiary/aromatic N) is 2. The van der Waals surface area contributed by atoms with Gasteiger partial charge in [-0.25, -0.2) is 0 Å². The van der Waals surface area contributed by atoms with E-state index in [0.29, 0.717) is 12.6 Å². The van der Waals surface area contributed by atoms with E-state index in [-0.39, 0.29) is 6.54 Å². The molecule has 1 saturated carbocycles. The number of hydrogen-bond donors (Lipinski definition) is 1. The molecule has 6 heteroatoms. The van der Waals surface area contributed by atoms with Crippen LogP contribution in [-0.2, 0) is 6.54 Å². The highest BCUT2D eigenvalue weighted by Gasteiger charge is 2.27. The molecular formula is C14H20F3N3. The van der Waals surface area contributed by atoms with Gasteiger partial charge in [0.15, 0.2) is 0 Å². The third-order valence-electron chi connectivity index (χ3n) is 3.40. The molecule has 0 bridgehead atoms. The Morgan fingerprint density at radius 1 is 1.40 bits per heavy atom. The molecule has 112 valence electrons. The molecular weight excluding hydrogens is 267 g/mol. The van der Waals surface area contributed by atoms with Crippen molar-refractivity contribution < 1.29 is 13.2 Å². The molecule has 0 spiro atoms. The van der Waals surface area contributed by atoms with Gasteiger partial charge in [0.2, 0.25) is 0 Å². The largest absolute Gasteiger partial charge is 0.390 e. The topological polar surface area (TPSA) is 28.2 Å². The predicted molar refractivity (Wildman–Crippen MR) is 72.8 cm³/mol. The lowest BCUT2D eigenvalue weighted by Crippen LogP contribution is -2.26. The lowest BCUT2D eigenvalue weighted by molar-refractivity contribution is -0.132. The number of aryl methyl sites for hydroxylation is 1. The Morgan fingerprint density at radius 2 is 2.10 bits per heavy atom. The first kappa shape index (κ1) is 15.1. The van der Waals surface area contributed by atoms with Crippen LogP contribution in [0.4, 0.5) is 18.9 Å². The van der Waals surface area contributed by atoms with Gasteiger partial charge in [-0.3, -0.25) is 4.98 Å². The molecule has 1 fully saturated rings. The summed E-state index contributed by atoms with van der Waals surface area (Å²) in [6, 6.07) is 2.41. The molecule has 0 saturated heterocycles. The van der Waals surface area contributed by atoms with Gasteiger partial charge >= 0.3 is 6.18 Å². The van der Waals surface area contributed by atoms with E-state index in [4.69, 9.17) is 0 Å². The molecule has 0 aromatic carbocycles. The number of pyridine rings is 1. The van der Waals surface area contributed by atoms with E-state index >= 15 is 0 Å². The maximum atomic E-state index is 12.3. The molecule has 0 atom stereocenters. The Hall–Kier alpha value is -1.30. The van der Waals surface area contributed by atoms with Crippen molar-refractivity contribution in [3.05, 3.63) is 23.5 Å². The van der Waals surface area contributed by atoms with Crippen molar-refractivity contribution in [2.45, 2.75) is 44.9 Å². The maximum Gasteiger partial charge on any atom is 0.390 e. The normalized spacial score (nSPS) is 15.4. The molecule has 1 N–H and O–H groups in total. The first-order valence-electron chi connectivity index (χ1n) is 6.82. The molecule has 20 heavy (non-hydrogen) atoms. The summed E-state index contributed by atoms with van der Waals surface area (Å²) in [6.45, 7) is 2.46. The molecule has 0 unspecified atom stereocenters. The molecule has 1 heterocycles. The fourth-order valence-corrected chi connectivity index (χ4v) is 2.02. The summed E-state index contributed by atoms with van der Waals surface area (Å²) in [5.41, 5.74) is 2.59. The van der Waals surface area contributed by atoms with E-state index in [1.54, 1.807) is 18.1 Å². The highest BCUT2D eigenvalue weighted by Crippen LogP contribution is 2.25. The second-order valence-electron chi connectivity index (χ2n) is 5.40. The SMILES string of the molecule is Cc1cc(N(C)CCC(F)(F)F)c(CNC2CC2)cn1. The Kier molecular flexibility index (Phi) is 4.52. The van der Waals surface area contributed by atoms with Crippen LogP contribution in [0.3, 0.4) is 0 Å². The third kappa shape index (κ3) is 4.67. The van der Waals surface area contributed by atoms with Crippen LogP contribution in [0.15, 0.2) is 12.3 Å². The molecule has 3 nitrogen and oxygen atoms in total. The van der Waals surface area contributed by atoms with Crippen molar-refractivity contribution in [1.82, 2.24) is 10.3 Å². The smallest absolute Gasteiger partial charge is 0.374 e. The van der Waals surface area contributed by atoms with Crippen molar-refractivity contribution in [1.29, 1.82) is 0 Å². The number of halogens is 3. The molecule has 0 amide bonds. The maximum absolute atomic E-state index is 12.3. The summed E-state index contributed by atoms with van der Waals surface area (Å²) in [4.78, 5) is 5.90. The number of anilines is 1. The second-order valence-corrected chi connectivity index (χ2v) is 5.40. The quantitative estimate of drug-likeness (QED) is 0.871. The highest BCUT2D eigenvalue weighted by atomic mass is 19.4. The first-order chi connectivity index (χ1) is 9.35. The Morgan fingerprint density at radius 3 is 2.70 bits per heavy atom. The minimum absolute atomic E-state index is 0.0383. The van der Waals surface area contributed by atoms with E-state index in [1.807, 2.05) is 13.0 Å². The number of aromatic nitrogens is 1. The summed E-state index contributed by atoms with van der Waals surface area (Å²) >= 11 is 0. The van der Waals surface area contributed by atoms with Crippen molar-refractivity contribution in [3.63, 3.8) is 0 Å². The van der Waals surface area contributed by atoms with Gasteiger partial charge in [0.05, 0.1) is 6.42 Å². The number of alkyl halides is 3. The van der Waals surface area contributed by atoms with Crippen LogP contribution in [0.25, 0.3) is 0 Å². The van der Waals surface area contributed by atoms with Gasteiger partial charge < -0.3 is 10.2 Å². The fraction of sp³-hybridized carbons (Fsp3) is 0.643. The first-order valence-corrected chi connectivity index (χ1v) is 6.82. The van der Waals surface area contributed by atoms with Gasteiger partial charge in [-0.15, -0.1) is 0 Å². The summed E-state index contributed by atoms with van der Waals surface area (Å²) in [7, 11) is 1.70. The lowest BCUT2D eigenvalue weighted by atomic mass is 10.2. The van der Waals surface area contributed by atoms with Crippen LogP contribution in [0.2, 0.25) is 0 Å². The van der Waals surface area contributed by atoms with Gasteiger partial charge in [0.1, 0.15) is 0 Å². The van der Waals surface area contributed by atoms with Crippen LogP contribution >= 0.6 is 0 Å². The number of rotatable bonds is 6. The van der Waals surface area contributed by atoms with E-state index in [2.05, 4.69) is 10.3 Å². The van der Waals surface area contributed by atoms with Crippen LogP contribution < -0.4 is 10.2 Å². The summed E-state index contributed by atoms with van der Waals surface area (Å²) in [5.74, 6) is 0. The van der Waals surface area contributed by atoms with Gasteiger partial charge in [0, 0.05) is 49.3 Å². The summed E-state index contributed by atoms with van der Waals surface area (Å²) < 4.78 is 37.0. The highest BCUT2D eigenvalue weighted by molar-refractivity contribution is 5.53. The molecule has 1 aliphatic rings. The van der Waals surface area contributed by atoms with Gasteiger partial charge in [-0.2, -0.15) is 13.2 Å². The van der Waals surface area contributed by atoms with Crippen LogP contribution in [-0.4, -0.2) is 30.8 Å². The zero-order chi connectivity index (χ0) is 14.8. The number of hydrogen-bond acceptors (Lipinski definition) is 3. The van der Waals surface area contributed by atoms with Crippen LogP contribution in [0.5, 0.6) is 0 Å². The van der Waals surface area contributed by atoms with Crippen molar-refractivity contribution in [2.24, 2.45) is 0 Å². The molecule has 0 aliphatic heterocycles. The average molecular weight is 287 g/mol. The standard InChI is InChI=1S/C14H20F3N3/c1-10-7-13(20(2)6-5-14(15,16)17)11(8-18-10)9-19-12-3-4-12/h7-8,12,19H,3-6,9H2,1-2H3. The van der Waals surface area contributed by atoms with Gasteiger partial charge in [-0.05, 0) is 25.8 Å². The van der Waals surface area contributed by atoms with Gasteiger partial charge in [0.25, 0.3) is 0 Å². The second kappa shape index (κ2) is 5.99.